The van der Waals surface area contributed by atoms with Crippen LogP contribution in [0.1, 0.15) is 0 Å². The van der Waals surface area contributed by atoms with E-state index < -0.39 is 12.5 Å². The number of hydroxylamine groups is 1. The predicted molar refractivity (Wildman–Crippen MR) is 14.4 cm³/mol. The van der Waals surface area contributed by atoms with Crippen LogP contribution in [-0.2, 0) is 15.1 Å². The molecule has 0 amide bonds. The van der Waals surface area contributed by atoms with Crippen molar-refractivity contribution >= 4 is 5.97 Å². The second-order valence-electron chi connectivity index (χ2n) is 0.693. The minimum atomic E-state index is -1.38. The topological polar surface area (TPSA) is 68.9 Å². The zero-order valence-electron chi connectivity index (χ0n) is 2.93. The lowest BCUT2D eigenvalue weighted by atomic mass is 10.7. The number of carbonyl (C=O) groups is 1. The number of hydrogen-bond acceptors (Lipinski definition) is 2. The average Bonchev–Trinajstić information content (AvgIpc) is 1.35. The van der Waals surface area contributed by atoms with Crippen molar-refractivity contribution in [3.05, 3.63) is 0 Å². The van der Waals surface area contributed by atoms with Gasteiger partial charge in [0.25, 0.3) is 0 Å². The van der Waals surface area contributed by atoms with Crippen LogP contribution in [0.5, 0.6) is 0 Å². The number of nitrogens with one attached hydrogen (secondary N) is 1. The van der Waals surface area contributed by atoms with E-state index in [4.69, 9.17) is 5.21 Å². The summed E-state index contributed by atoms with van der Waals surface area (Å²) < 4.78 is 0. The van der Waals surface area contributed by atoms with Crippen LogP contribution in [0.15, 0.2) is 0 Å². The highest BCUT2D eigenvalue weighted by Crippen LogP contribution is 1.53. The van der Waals surface area contributed by atoms with Gasteiger partial charge in [-0.2, -0.15) is 5.48 Å². The third-order valence-corrected chi connectivity index (χ3v) is 0.217. The van der Waals surface area contributed by atoms with Crippen molar-refractivity contribution in [1.29, 1.82) is 0 Å². The molecule has 6 heavy (non-hydrogen) atoms. The Labute approximate surface area is 34.4 Å². The molecule has 4 nitrogen and oxygen atoms in total. The molecule has 1 N–H and O–H groups in total. The molecule has 0 atom stereocenters. The molecule has 0 aliphatic rings. The van der Waals surface area contributed by atoms with Gasteiger partial charge in [-0.15, -0.1) is 5.21 Å². The number of hydrogen-bond donors (Lipinski definition) is 1. The van der Waals surface area contributed by atoms with E-state index >= 15 is 0 Å². The number of carbonyl (C=O) groups excluding carboxylic acids is 1. The van der Waals surface area contributed by atoms with Gasteiger partial charge >= 0.3 is 5.97 Å². The molecule has 0 aromatic heterocycles. The summed E-state index contributed by atoms with van der Waals surface area (Å²) in [6.45, 7) is -0.625. The summed E-state index contributed by atoms with van der Waals surface area (Å²) in [5.41, 5.74) is 1.16. The molecule has 0 bridgehead atoms. The third kappa shape index (κ3) is 3.39. The first-order valence-corrected chi connectivity index (χ1v) is 1.32. The second-order valence-corrected chi connectivity index (χ2v) is 0.693. The Morgan fingerprint density at radius 3 is 2.17 bits per heavy atom. The lowest BCUT2D eigenvalue weighted by Gasteiger charge is -1.76. The maximum absolute atomic E-state index is 9.23. The van der Waals surface area contributed by atoms with Gasteiger partial charge in [0, 0.05) is 0 Å². The number of rotatable bonds is 2. The van der Waals surface area contributed by atoms with Crippen molar-refractivity contribution in [2.24, 2.45) is 0 Å². The van der Waals surface area contributed by atoms with Crippen LogP contribution in [0.4, 0.5) is 0 Å². The largest absolute Gasteiger partial charge is 0.371 e. The van der Waals surface area contributed by atoms with Gasteiger partial charge in [0.05, 0.1) is 0 Å². The molecular weight excluding hydrogens is 86.0 g/mol. The van der Waals surface area contributed by atoms with Crippen molar-refractivity contribution in [3.63, 3.8) is 0 Å². The van der Waals surface area contributed by atoms with E-state index in [9.17, 15) is 9.90 Å². The van der Waals surface area contributed by atoms with Gasteiger partial charge < -0.3 is 0 Å². The van der Waals surface area contributed by atoms with Crippen molar-refractivity contribution in [2.45, 2.75) is 0 Å². The third-order valence-electron chi connectivity index (χ3n) is 0.217. The van der Waals surface area contributed by atoms with Crippen molar-refractivity contribution in [1.82, 2.24) is 5.48 Å². The van der Waals surface area contributed by atoms with E-state index in [2.05, 4.69) is 0 Å². The van der Waals surface area contributed by atoms with Crippen LogP contribution in [0.2, 0.25) is 0 Å². The zero-order valence-corrected chi connectivity index (χ0v) is 2.93. The Morgan fingerprint density at radius 2 is 2.17 bits per heavy atom. The Hall–Kier alpha value is -0.610. The fraction of sp³-hybridized carbons (Fsp3) is 0.500. The maximum Gasteiger partial charge on any atom is 0.371 e. The molecule has 0 aliphatic heterocycles. The summed E-state index contributed by atoms with van der Waals surface area (Å²) in [5.74, 6) is -1.38. The van der Waals surface area contributed by atoms with E-state index in [-0.39, 0.29) is 0 Å². The molecule has 0 saturated heterocycles. The molecule has 2 radical (unpaired) electrons. The molecule has 0 aliphatic carbocycles. The summed E-state index contributed by atoms with van der Waals surface area (Å²) in [6.07, 6.45) is 0. The van der Waals surface area contributed by atoms with Crippen molar-refractivity contribution in [2.75, 3.05) is 6.54 Å². The SMILES string of the molecule is [O]NCC([O])=O. The molecule has 0 fully saturated rings. The van der Waals surface area contributed by atoms with E-state index in [1.54, 1.807) is 0 Å². The normalized spacial score (nSPS) is 8.17. The molecular formula is C2H3NO3. The smallest absolute Gasteiger partial charge is 0.246 e. The van der Waals surface area contributed by atoms with Gasteiger partial charge in [0.1, 0.15) is 6.54 Å². The van der Waals surface area contributed by atoms with E-state index in [1.807, 2.05) is 0 Å². The molecule has 4 heteroatoms. The molecule has 0 spiro atoms. The van der Waals surface area contributed by atoms with E-state index in [0.717, 1.165) is 5.48 Å². The van der Waals surface area contributed by atoms with Crippen LogP contribution in [0.25, 0.3) is 0 Å². The monoisotopic (exact) mass is 89.0 g/mol. The average molecular weight is 89.0 g/mol. The molecule has 0 saturated carbocycles. The lowest BCUT2D eigenvalue weighted by molar-refractivity contribution is -0.144. The van der Waals surface area contributed by atoms with Crippen LogP contribution in [0.3, 0.4) is 0 Å². The summed E-state index contributed by atoms with van der Waals surface area (Å²) in [5, 5.41) is 18.3. The summed E-state index contributed by atoms with van der Waals surface area (Å²) >= 11 is 0. The Morgan fingerprint density at radius 1 is 1.67 bits per heavy atom. The molecule has 0 heterocycles. The maximum atomic E-state index is 9.23. The fourth-order valence-corrected chi connectivity index (χ4v) is 0.0589. The van der Waals surface area contributed by atoms with Crippen molar-refractivity contribution < 1.29 is 15.1 Å². The van der Waals surface area contributed by atoms with Gasteiger partial charge in [0.2, 0.25) is 0 Å². The van der Waals surface area contributed by atoms with Gasteiger partial charge in [-0.3, -0.25) is 0 Å². The minimum absolute atomic E-state index is 0.625. The fourth-order valence-electron chi connectivity index (χ4n) is 0.0589. The zero-order chi connectivity index (χ0) is 4.99. The molecule has 0 aromatic rings. The Balaban J connectivity index is 2.83. The minimum Gasteiger partial charge on any atom is -0.246 e. The van der Waals surface area contributed by atoms with E-state index in [0.29, 0.717) is 0 Å². The highest BCUT2D eigenvalue weighted by atomic mass is 16.5. The molecule has 0 rings (SSSR count). The molecule has 0 aromatic carbocycles. The van der Waals surface area contributed by atoms with E-state index in [1.165, 1.54) is 0 Å². The standard InChI is InChI=1S/C2H3NO3/c4-2(5)1-3-6/h3H,1H2. The lowest BCUT2D eigenvalue weighted by Crippen LogP contribution is -2.15. The van der Waals surface area contributed by atoms with Gasteiger partial charge in [0.15, 0.2) is 0 Å². The molecule has 0 unspecified atom stereocenters. The highest BCUT2D eigenvalue weighted by Gasteiger charge is 1.92. The van der Waals surface area contributed by atoms with Crippen LogP contribution >= 0.6 is 0 Å². The van der Waals surface area contributed by atoms with Crippen LogP contribution < -0.4 is 5.48 Å². The Bertz CT molecular complexity index is 52.8. The van der Waals surface area contributed by atoms with Crippen LogP contribution in [-0.4, -0.2) is 12.5 Å². The van der Waals surface area contributed by atoms with Crippen molar-refractivity contribution in [3.8, 4) is 0 Å². The first-order valence-electron chi connectivity index (χ1n) is 1.32. The second kappa shape index (κ2) is 2.62. The summed E-state index contributed by atoms with van der Waals surface area (Å²) in [6, 6.07) is 0. The molecule has 34 valence electrons. The predicted octanol–water partition coefficient (Wildman–Crippen LogP) is -1.12. The van der Waals surface area contributed by atoms with Crippen LogP contribution in [0, 0.1) is 0 Å². The summed E-state index contributed by atoms with van der Waals surface area (Å²) in [7, 11) is 0. The first kappa shape index (κ1) is 5.39. The highest BCUT2D eigenvalue weighted by molar-refractivity contribution is 5.68. The van der Waals surface area contributed by atoms with Gasteiger partial charge in [-0.1, -0.05) is 0 Å². The van der Waals surface area contributed by atoms with Gasteiger partial charge in [-0.05, 0) is 0 Å². The Kier molecular flexibility index (Phi) is 2.35. The summed E-state index contributed by atoms with van der Waals surface area (Å²) in [4.78, 5) is 9.23. The van der Waals surface area contributed by atoms with Gasteiger partial charge in [-0.25, -0.2) is 9.90 Å². The quantitative estimate of drug-likeness (QED) is 0.435. The first-order chi connectivity index (χ1) is 2.77.